The van der Waals surface area contributed by atoms with Gasteiger partial charge in [0.2, 0.25) is 5.91 Å². The molecule has 1 aliphatic heterocycles. The molecule has 0 radical (unpaired) electrons. The molecule has 0 saturated carbocycles. The molecule has 0 aliphatic carbocycles. The number of rotatable bonds is 5. The second-order valence-corrected chi connectivity index (χ2v) is 4.98. The SMILES string of the molecule is Cc1ccccc1N(CCC(=O)O)C(=O)C1CCOC1. The fourth-order valence-corrected chi connectivity index (χ4v) is 2.37. The van der Waals surface area contributed by atoms with E-state index in [0.717, 1.165) is 11.3 Å². The molecular weight excluding hydrogens is 258 g/mol. The molecule has 1 fully saturated rings. The number of hydrogen-bond acceptors (Lipinski definition) is 3. The van der Waals surface area contributed by atoms with Crippen LogP contribution in [0.5, 0.6) is 0 Å². The van der Waals surface area contributed by atoms with E-state index in [9.17, 15) is 9.59 Å². The number of benzene rings is 1. The van der Waals surface area contributed by atoms with Crippen LogP contribution in [0.3, 0.4) is 0 Å². The maximum atomic E-state index is 12.6. The number of amides is 1. The summed E-state index contributed by atoms with van der Waals surface area (Å²) in [5.74, 6) is -1.11. The van der Waals surface area contributed by atoms with Gasteiger partial charge in [0.25, 0.3) is 0 Å². The highest BCUT2D eigenvalue weighted by molar-refractivity contribution is 5.96. The molecule has 1 amide bonds. The molecule has 0 spiro atoms. The van der Waals surface area contributed by atoms with E-state index in [2.05, 4.69) is 0 Å². The van der Waals surface area contributed by atoms with E-state index in [4.69, 9.17) is 9.84 Å². The second kappa shape index (κ2) is 6.52. The molecular formula is C15H19NO4. The fourth-order valence-electron chi connectivity index (χ4n) is 2.37. The Balaban J connectivity index is 2.21. The van der Waals surface area contributed by atoms with Crippen molar-refractivity contribution in [2.24, 2.45) is 5.92 Å². The molecule has 1 aromatic rings. The van der Waals surface area contributed by atoms with Crippen LogP contribution in [-0.4, -0.2) is 36.7 Å². The third kappa shape index (κ3) is 3.36. The lowest BCUT2D eigenvalue weighted by atomic mass is 10.1. The molecule has 1 aromatic carbocycles. The van der Waals surface area contributed by atoms with Gasteiger partial charge in [-0.05, 0) is 25.0 Å². The smallest absolute Gasteiger partial charge is 0.305 e. The van der Waals surface area contributed by atoms with Crippen LogP contribution in [0, 0.1) is 12.8 Å². The van der Waals surface area contributed by atoms with Gasteiger partial charge in [-0.1, -0.05) is 18.2 Å². The predicted molar refractivity (Wildman–Crippen MR) is 74.7 cm³/mol. The topological polar surface area (TPSA) is 66.8 Å². The summed E-state index contributed by atoms with van der Waals surface area (Å²) in [7, 11) is 0. The van der Waals surface area contributed by atoms with Crippen molar-refractivity contribution in [3.05, 3.63) is 29.8 Å². The monoisotopic (exact) mass is 277 g/mol. The zero-order valence-corrected chi connectivity index (χ0v) is 11.5. The standard InChI is InChI=1S/C15H19NO4/c1-11-4-2-3-5-13(11)16(8-6-14(17)18)15(19)12-7-9-20-10-12/h2-5,12H,6-10H2,1H3,(H,17,18). The number of anilines is 1. The number of para-hydroxylation sites is 1. The summed E-state index contributed by atoms with van der Waals surface area (Å²) in [4.78, 5) is 25.0. The Labute approximate surface area is 118 Å². The summed E-state index contributed by atoms with van der Waals surface area (Å²) in [6.45, 7) is 3.13. The van der Waals surface area contributed by atoms with E-state index in [1.165, 1.54) is 0 Å². The number of ether oxygens (including phenoxy) is 1. The Hall–Kier alpha value is -1.88. The Morgan fingerprint density at radius 2 is 2.15 bits per heavy atom. The Morgan fingerprint density at radius 3 is 2.75 bits per heavy atom. The number of carbonyl (C=O) groups is 2. The molecule has 1 unspecified atom stereocenters. The normalized spacial score (nSPS) is 17.9. The predicted octanol–water partition coefficient (Wildman–Crippen LogP) is 1.84. The zero-order valence-electron chi connectivity index (χ0n) is 11.5. The van der Waals surface area contributed by atoms with Crippen molar-refractivity contribution < 1.29 is 19.4 Å². The van der Waals surface area contributed by atoms with Crippen LogP contribution >= 0.6 is 0 Å². The van der Waals surface area contributed by atoms with Gasteiger partial charge in [0.1, 0.15) is 0 Å². The molecule has 5 heteroatoms. The van der Waals surface area contributed by atoms with Crippen molar-refractivity contribution in [2.75, 3.05) is 24.7 Å². The van der Waals surface area contributed by atoms with Crippen LogP contribution in [0.4, 0.5) is 5.69 Å². The average molecular weight is 277 g/mol. The van der Waals surface area contributed by atoms with Gasteiger partial charge >= 0.3 is 5.97 Å². The maximum Gasteiger partial charge on any atom is 0.305 e. The van der Waals surface area contributed by atoms with Gasteiger partial charge in [-0.15, -0.1) is 0 Å². The van der Waals surface area contributed by atoms with Crippen LogP contribution in [0.15, 0.2) is 24.3 Å². The van der Waals surface area contributed by atoms with Crippen LogP contribution in [-0.2, 0) is 14.3 Å². The lowest BCUT2D eigenvalue weighted by Gasteiger charge is -2.26. The number of carboxylic acids is 1. The molecule has 0 bridgehead atoms. The summed E-state index contributed by atoms with van der Waals surface area (Å²) in [5.41, 5.74) is 1.75. The number of hydrogen-bond donors (Lipinski definition) is 1. The molecule has 1 N–H and O–H groups in total. The van der Waals surface area contributed by atoms with E-state index >= 15 is 0 Å². The molecule has 1 saturated heterocycles. The molecule has 108 valence electrons. The number of aryl methyl sites for hydroxylation is 1. The third-order valence-corrected chi connectivity index (χ3v) is 3.50. The molecule has 1 atom stereocenters. The van der Waals surface area contributed by atoms with Crippen molar-refractivity contribution in [2.45, 2.75) is 19.8 Å². The quantitative estimate of drug-likeness (QED) is 0.891. The first-order chi connectivity index (χ1) is 9.59. The van der Waals surface area contributed by atoms with Gasteiger partial charge in [-0.25, -0.2) is 0 Å². The number of nitrogens with zero attached hydrogens (tertiary/aromatic N) is 1. The molecule has 0 aromatic heterocycles. The minimum absolute atomic E-state index is 0.0435. The van der Waals surface area contributed by atoms with Crippen LogP contribution < -0.4 is 4.90 Å². The molecule has 1 heterocycles. The van der Waals surface area contributed by atoms with Gasteiger partial charge in [0.15, 0.2) is 0 Å². The Morgan fingerprint density at radius 1 is 1.40 bits per heavy atom. The first-order valence-electron chi connectivity index (χ1n) is 6.76. The average Bonchev–Trinajstić information content (AvgIpc) is 2.94. The molecule has 20 heavy (non-hydrogen) atoms. The van der Waals surface area contributed by atoms with Gasteiger partial charge < -0.3 is 14.7 Å². The number of aliphatic carboxylic acids is 1. The fraction of sp³-hybridized carbons (Fsp3) is 0.467. The Bertz CT molecular complexity index is 494. The first-order valence-corrected chi connectivity index (χ1v) is 6.76. The first kappa shape index (κ1) is 14.5. The summed E-state index contributed by atoms with van der Waals surface area (Å²) in [6, 6.07) is 7.53. The largest absolute Gasteiger partial charge is 0.481 e. The summed E-state index contributed by atoms with van der Waals surface area (Å²) < 4.78 is 5.26. The highest BCUT2D eigenvalue weighted by Crippen LogP contribution is 2.24. The highest BCUT2D eigenvalue weighted by Gasteiger charge is 2.29. The van der Waals surface area contributed by atoms with Gasteiger partial charge in [-0.3, -0.25) is 9.59 Å². The van der Waals surface area contributed by atoms with Crippen LogP contribution in [0.25, 0.3) is 0 Å². The maximum absolute atomic E-state index is 12.6. The minimum atomic E-state index is -0.904. The van der Waals surface area contributed by atoms with E-state index in [-0.39, 0.29) is 24.8 Å². The molecule has 2 rings (SSSR count). The number of carbonyl (C=O) groups excluding carboxylic acids is 1. The van der Waals surface area contributed by atoms with Crippen molar-refractivity contribution in [1.29, 1.82) is 0 Å². The Kier molecular flexibility index (Phi) is 4.74. The van der Waals surface area contributed by atoms with E-state index in [0.29, 0.717) is 19.6 Å². The number of carboxylic acid groups (broad SMARTS) is 1. The van der Waals surface area contributed by atoms with Gasteiger partial charge in [0.05, 0.1) is 18.9 Å². The summed E-state index contributed by atoms with van der Waals surface area (Å²) in [5, 5.41) is 8.86. The highest BCUT2D eigenvalue weighted by atomic mass is 16.5. The van der Waals surface area contributed by atoms with Crippen molar-refractivity contribution in [1.82, 2.24) is 0 Å². The van der Waals surface area contributed by atoms with Crippen molar-refractivity contribution in [3.8, 4) is 0 Å². The lowest BCUT2D eigenvalue weighted by molar-refractivity contribution is -0.136. The van der Waals surface area contributed by atoms with Gasteiger partial charge in [0, 0.05) is 18.8 Å². The van der Waals surface area contributed by atoms with E-state index < -0.39 is 5.97 Å². The third-order valence-electron chi connectivity index (χ3n) is 3.50. The molecule has 5 nitrogen and oxygen atoms in total. The lowest BCUT2D eigenvalue weighted by Crippen LogP contribution is -2.38. The summed E-state index contributed by atoms with van der Waals surface area (Å²) >= 11 is 0. The van der Waals surface area contributed by atoms with Crippen molar-refractivity contribution >= 4 is 17.6 Å². The van der Waals surface area contributed by atoms with Crippen molar-refractivity contribution in [3.63, 3.8) is 0 Å². The molecule has 1 aliphatic rings. The zero-order chi connectivity index (χ0) is 14.5. The summed E-state index contributed by atoms with van der Waals surface area (Å²) in [6.07, 6.45) is 0.641. The van der Waals surface area contributed by atoms with Crippen LogP contribution in [0.2, 0.25) is 0 Å². The van der Waals surface area contributed by atoms with E-state index in [1.807, 2.05) is 31.2 Å². The minimum Gasteiger partial charge on any atom is -0.481 e. The van der Waals surface area contributed by atoms with E-state index in [1.54, 1.807) is 4.90 Å². The second-order valence-electron chi connectivity index (χ2n) is 4.98. The van der Waals surface area contributed by atoms with Crippen LogP contribution in [0.1, 0.15) is 18.4 Å². The van der Waals surface area contributed by atoms with Gasteiger partial charge in [-0.2, -0.15) is 0 Å².